The Kier molecular flexibility index (Phi) is 4.63. The van der Waals surface area contributed by atoms with Crippen molar-refractivity contribution in [3.63, 3.8) is 0 Å². The molecule has 0 fully saturated rings. The molecule has 0 bridgehead atoms. The van der Waals surface area contributed by atoms with Crippen LogP contribution >= 0.6 is 0 Å². The Bertz CT molecular complexity index is 1170. The number of fused-ring (bicyclic) bond motifs is 1. The van der Waals surface area contributed by atoms with Gasteiger partial charge in [0.25, 0.3) is 0 Å². The number of halogens is 1. The van der Waals surface area contributed by atoms with Crippen LogP contribution in [-0.2, 0) is 13.7 Å². The number of benzene rings is 2. The van der Waals surface area contributed by atoms with E-state index in [4.69, 9.17) is 0 Å². The molecule has 0 saturated carbocycles. The number of nitrogens with zero attached hydrogens (tertiary/aromatic N) is 3. The van der Waals surface area contributed by atoms with E-state index in [0.29, 0.717) is 11.5 Å². The third-order valence-electron chi connectivity index (χ3n) is 4.72. The molecule has 0 aliphatic heterocycles. The molecule has 0 radical (unpaired) electrons. The first-order chi connectivity index (χ1) is 13.5. The molecule has 0 aliphatic carbocycles. The van der Waals surface area contributed by atoms with E-state index in [-0.39, 0.29) is 12.4 Å². The maximum absolute atomic E-state index is 13.1. The van der Waals surface area contributed by atoms with Crippen LogP contribution in [0.15, 0.2) is 67.5 Å². The van der Waals surface area contributed by atoms with Crippen LogP contribution in [0.5, 0.6) is 0 Å². The maximum Gasteiger partial charge on any atom is 0.130 e. The Balaban J connectivity index is 1.66. The molecule has 5 nitrogen and oxygen atoms in total. The zero-order valence-corrected chi connectivity index (χ0v) is 15.4. The van der Waals surface area contributed by atoms with E-state index in [1.54, 1.807) is 29.2 Å². The fourth-order valence-electron chi connectivity index (χ4n) is 3.15. The number of pyridine rings is 1. The van der Waals surface area contributed by atoms with E-state index in [1.165, 1.54) is 12.1 Å². The van der Waals surface area contributed by atoms with E-state index in [2.05, 4.69) is 22.0 Å². The van der Waals surface area contributed by atoms with Crippen molar-refractivity contribution in [3.05, 3.63) is 84.6 Å². The van der Waals surface area contributed by atoms with Gasteiger partial charge in [0.1, 0.15) is 11.6 Å². The van der Waals surface area contributed by atoms with Crippen molar-refractivity contribution >= 4 is 22.3 Å². The van der Waals surface area contributed by atoms with Gasteiger partial charge >= 0.3 is 0 Å². The number of nitrogens with one attached hydrogen (secondary N) is 1. The van der Waals surface area contributed by atoms with Crippen molar-refractivity contribution in [1.82, 2.24) is 14.8 Å². The van der Waals surface area contributed by atoms with Crippen molar-refractivity contribution < 1.29 is 9.50 Å². The van der Waals surface area contributed by atoms with Gasteiger partial charge in [-0.3, -0.25) is 4.68 Å². The molecule has 2 N–H and O–H groups in total. The van der Waals surface area contributed by atoms with Gasteiger partial charge in [0.2, 0.25) is 0 Å². The molecule has 4 rings (SSSR count). The summed E-state index contributed by atoms with van der Waals surface area (Å²) < 4.78 is 14.8. The summed E-state index contributed by atoms with van der Waals surface area (Å²) in [6, 6.07) is 14.1. The number of aromatic nitrogens is 3. The fourth-order valence-corrected chi connectivity index (χ4v) is 3.15. The van der Waals surface area contributed by atoms with Crippen molar-refractivity contribution in [3.8, 4) is 11.1 Å². The second-order valence-corrected chi connectivity index (χ2v) is 6.53. The van der Waals surface area contributed by atoms with Gasteiger partial charge in [0.05, 0.1) is 18.5 Å². The van der Waals surface area contributed by atoms with Gasteiger partial charge < -0.3 is 10.4 Å². The number of rotatable bonds is 5. The molecule has 2 aromatic heterocycles. The van der Waals surface area contributed by atoms with Gasteiger partial charge in [0, 0.05) is 29.9 Å². The molecule has 2 heterocycles. The molecule has 0 unspecified atom stereocenters. The lowest BCUT2D eigenvalue weighted by atomic mass is 10.0. The van der Waals surface area contributed by atoms with Crippen LogP contribution in [0.2, 0.25) is 0 Å². The average molecular weight is 374 g/mol. The lowest BCUT2D eigenvalue weighted by molar-refractivity contribution is 0.271. The Hall–Kier alpha value is -3.51. The van der Waals surface area contributed by atoms with Gasteiger partial charge in [-0.05, 0) is 40.8 Å². The molecular weight excluding hydrogens is 355 g/mol. The van der Waals surface area contributed by atoms with Crippen LogP contribution in [-0.4, -0.2) is 19.9 Å². The van der Waals surface area contributed by atoms with Crippen molar-refractivity contribution in [2.24, 2.45) is 7.05 Å². The van der Waals surface area contributed by atoms with Crippen molar-refractivity contribution in [2.45, 2.75) is 6.61 Å². The Morgan fingerprint density at radius 3 is 2.64 bits per heavy atom. The zero-order valence-electron chi connectivity index (χ0n) is 15.4. The number of aliphatic hydroxyl groups excluding tert-OH is 1. The van der Waals surface area contributed by atoms with Crippen LogP contribution in [0, 0.1) is 5.82 Å². The topological polar surface area (TPSA) is 63.0 Å². The third-order valence-corrected chi connectivity index (χ3v) is 4.72. The summed E-state index contributed by atoms with van der Waals surface area (Å²) >= 11 is 0. The second kappa shape index (κ2) is 7.25. The Morgan fingerprint density at radius 1 is 1.11 bits per heavy atom. The highest BCUT2D eigenvalue weighted by Crippen LogP contribution is 2.28. The van der Waals surface area contributed by atoms with Crippen LogP contribution in [0.1, 0.15) is 11.3 Å². The van der Waals surface area contributed by atoms with Crippen LogP contribution in [0.25, 0.3) is 27.6 Å². The Morgan fingerprint density at radius 2 is 1.89 bits per heavy atom. The van der Waals surface area contributed by atoms with E-state index in [0.717, 1.165) is 33.2 Å². The number of aliphatic hydroxyl groups is 1. The first-order valence-electron chi connectivity index (χ1n) is 8.79. The minimum absolute atomic E-state index is 0.0789. The number of hydrogen-bond donors (Lipinski definition) is 2. The van der Waals surface area contributed by atoms with Gasteiger partial charge in [-0.1, -0.05) is 30.8 Å². The molecule has 0 atom stereocenters. The Labute approximate surface area is 161 Å². The standard InChI is InChI=1S/C22H19FN4O/c1-14(15-5-7-19(23)8-6-15)26-22-10-18-9-16(3-4-17(18)11-24-22)20-12-25-27(2)21(20)13-28/h3-12,28H,1,13H2,2H3,(H,24,26). The number of aryl methyl sites for hydroxylation is 1. The fraction of sp³-hybridized carbons (Fsp3) is 0.0909. The van der Waals surface area contributed by atoms with E-state index < -0.39 is 0 Å². The lowest BCUT2D eigenvalue weighted by Gasteiger charge is -2.11. The van der Waals surface area contributed by atoms with E-state index >= 15 is 0 Å². The summed E-state index contributed by atoms with van der Waals surface area (Å²) in [6.45, 7) is 3.93. The molecule has 6 heteroatoms. The summed E-state index contributed by atoms with van der Waals surface area (Å²) in [4.78, 5) is 4.43. The molecule has 0 amide bonds. The molecule has 0 saturated heterocycles. The highest BCUT2D eigenvalue weighted by Gasteiger charge is 2.11. The minimum atomic E-state index is -0.287. The summed E-state index contributed by atoms with van der Waals surface area (Å²) in [5, 5.41) is 19.0. The van der Waals surface area contributed by atoms with Crippen LogP contribution in [0.4, 0.5) is 10.2 Å². The SMILES string of the molecule is C=C(Nc1cc2cc(-c3cnn(C)c3CO)ccc2cn1)c1ccc(F)cc1. The van der Waals surface area contributed by atoms with Gasteiger partial charge in [-0.15, -0.1) is 0 Å². The predicted molar refractivity (Wildman–Crippen MR) is 109 cm³/mol. The molecule has 140 valence electrons. The highest BCUT2D eigenvalue weighted by molar-refractivity contribution is 5.89. The van der Waals surface area contributed by atoms with Gasteiger partial charge in [-0.25, -0.2) is 9.37 Å². The monoisotopic (exact) mass is 374 g/mol. The number of anilines is 1. The third kappa shape index (κ3) is 3.37. The lowest BCUT2D eigenvalue weighted by Crippen LogP contribution is -2.00. The predicted octanol–water partition coefficient (Wildman–Crippen LogP) is 4.35. The van der Waals surface area contributed by atoms with E-state index in [9.17, 15) is 9.50 Å². The molecule has 2 aromatic carbocycles. The number of hydrogen-bond acceptors (Lipinski definition) is 4. The summed E-state index contributed by atoms with van der Waals surface area (Å²) in [5.41, 5.74) is 4.06. The van der Waals surface area contributed by atoms with Gasteiger partial charge in [-0.2, -0.15) is 5.10 Å². The molecule has 0 aliphatic rings. The largest absolute Gasteiger partial charge is 0.390 e. The molecular formula is C22H19FN4O. The first kappa shape index (κ1) is 17.9. The second-order valence-electron chi connectivity index (χ2n) is 6.53. The molecule has 0 spiro atoms. The minimum Gasteiger partial charge on any atom is -0.390 e. The van der Waals surface area contributed by atoms with Crippen molar-refractivity contribution in [1.29, 1.82) is 0 Å². The highest BCUT2D eigenvalue weighted by atomic mass is 19.1. The smallest absolute Gasteiger partial charge is 0.130 e. The van der Waals surface area contributed by atoms with Crippen molar-refractivity contribution in [2.75, 3.05) is 5.32 Å². The first-order valence-corrected chi connectivity index (χ1v) is 8.79. The molecule has 4 aromatic rings. The normalized spacial score (nSPS) is 11.0. The maximum atomic E-state index is 13.1. The zero-order chi connectivity index (χ0) is 19.7. The average Bonchev–Trinajstić information content (AvgIpc) is 3.08. The van der Waals surface area contributed by atoms with E-state index in [1.807, 2.05) is 31.3 Å². The summed E-state index contributed by atoms with van der Waals surface area (Å²) in [6.07, 6.45) is 3.54. The van der Waals surface area contributed by atoms with Crippen LogP contribution in [0.3, 0.4) is 0 Å². The van der Waals surface area contributed by atoms with Gasteiger partial charge in [0.15, 0.2) is 0 Å². The summed E-state index contributed by atoms with van der Waals surface area (Å²) in [5.74, 6) is 0.359. The molecule has 28 heavy (non-hydrogen) atoms. The van der Waals surface area contributed by atoms with Crippen LogP contribution < -0.4 is 5.32 Å². The summed E-state index contributed by atoms with van der Waals surface area (Å²) in [7, 11) is 1.81. The quantitative estimate of drug-likeness (QED) is 0.545.